The van der Waals surface area contributed by atoms with Gasteiger partial charge in [-0.1, -0.05) is 23.8 Å². The van der Waals surface area contributed by atoms with Crippen molar-refractivity contribution in [1.29, 1.82) is 0 Å². The van der Waals surface area contributed by atoms with E-state index < -0.39 is 28.5 Å². The number of esters is 1. The van der Waals surface area contributed by atoms with E-state index in [1.54, 1.807) is 0 Å². The van der Waals surface area contributed by atoms with E-state index in [9.17, 15) is 18.0 Å². The molecule has 0 aliphatic heterocycles. The number of amides is 1. The highest BCUT2D eigenvalue weighted by Crippen LogP contribution is 2.26. The van der Waals surface area contributed by atoms with Gasteiger partial charge in [-0.3, -0.25) is 9.59 Å². The summed E-state index contributed by atoms with van der Waals surface area (Å²) in [6.07, 6.45) is 6.08. The van der Waals surface area contributed by atoms with Crippen LogP contribution in [0.15, 0.2) is 35.2 Å². The van der Waals surface area contributed by atoms with Crippen molar-refractivity contribution in [3.05, 3.63) is 35.4 Å². The van der Waals surface area contributed by atoms with Crippen LogP contribution in [-0.2, 0) is 24.3 Å². The van der Waals surface area contributed by atoms with Gasteiger partial charge in [0, 0.05) is 14.1 Å². The molecule has 0 saturated carbocycles. The molecule has 1 aliphatic rings. The summed E-state index contributed by atoms with van der Waals surface area (Å²) in [7, 11) is -0.852. The van der Waals surface area contributed by atoms with Crippen molar-refractivity contribution in [1.82, 2.24) is 4.31 Å². The van der Waals surface area contributed by atoms with Crippen molar-refractivity contribution in [2.45, 2.75) is 24.2 Å². The highest BCUT2D eigenvalue weighted by atomic mass is 35.5. The summed E-state index contributed by atoms with van der Waals surface area (Å²) in [5.41, 5.74) is 0.134. The lowest BCUT2D eigenvalue weighted by molar-refractivity contribution is -0.147. The van der Waals surface area contributed by atoms with Gasteiger partial charge in [0.1, 0.15) is 0 Å². The fourth-order valence-corrected chi connectivity index (χ4v) is 3.54. The number of halogens is 1. The largest absolute Gasteiger partial charge is 0.456 e. The molecular formula is C17H21ClN2O5S. The van der Waals surface area contributed by atoms with Crippen molar-refractivity contribution >= 4 is 39.2 Å². The topological polar surface area (TPSA) is 92.8 Å². The second-order valence-corrected chi connectivity index (χ2v) is 8.67. The van der Waals surface area contributed by atoms with Crippen molar-refractivity contribution in [3.8, 4) is 0 Å². The number of nitrogens with zero attached hydrogens (tertiary/aromatic N) is 1. The molecule has 0 bridgehead atoms. The van der Waals surface area contributed by atoms with Crippen LogP contribution in [0, 0.1) is 5.92 Å². The first-order valence-corrected chi connectivity index (χ1v) is 9.86. The van der Waals surface area contributed by atoms with E-state index >= 15 is 0 Å². The number of nitrogens with one attached hydrogen (secondary N) is 1. The van der Waals surface area contributed by atoms with Gasteiger partial charge in [0.2, 0.25) is 10.0 Å². The smallest absolute Gasteiger partial charge is 0.306 e. The molecule has 0 heterocycles. The minimum absolute atomic E-state index is 0.00721. The second-order valence-electron chi connectivity index (χ2n) is 6.11. The Balaban J connectivity index is 1.95. The van der Waals surface area contributed by atoms with E-state index in [2.05, 4.69) is 5.32 Å². The zero-order valence-electron chi connectivity index (χ0n) is 14.6. The van der Waals surface area contributed by atoms with Gasteiger partial charge in [-0.15, -0.1) is 0 Å². The fourth-order valence-electron chi connectivity index (χ4n) is 2.44. The lowest BCUT2D eigenvalue weighted by Crippen LogP contribution is -2.23. The average Bonchev–Trinajstić information content (AvgIpc) is 3.07. The van der Waals surface area contributed by atoms with Crippen molar-refractivity contribution in [3.63, 3.8) is 0 Å². The predicted octanol–water partition coefficient (Wildman–Crippen LogP) is 2.43. The maximum Gasteiger partial charge on any atom is 0.306 e. The molecule has 1 aromatic carbocycles. The summed E-state index contributed by atoms with van der Waals surface area (Å²) in [6.45, 7) is -0.462. The molecule has 0 spiro atoms. The van der Waals surface area contributed by atoms with Crippen LogP contribution in [0.4, 0.5) is 5.69 Å². The van der Waals surface area contributed by atoms with Gasteiger partial charge in [0.25, 0.3) is 5.91 Å². The van der Waals surface area contributed by atoms with E-state index in [0.29, 0.717) is 0 Å². The number of sulfonamides is 1. The summed E-state index contributed by atoms with van der Waals surface area (Å²) in [4.78, 5) is 23.7. The molecule has 1 N–H and O–H groups in total. The number of hydrogen-bond donors (Lipinski definition) is 1. The zero-order chi connectivity index (χ0) is 19.3. The van der Waals surface area contributed by atoms with Crippen molar-refractivity contribution < 1.29 is 22.7 Å². The number of benzene rings is 1. The van der Waals surface area contributed by atoms with Gasteiger partial charge < -0.3 is 10.1 Å². The predicted molar refractivity (Wildman–Crippen MR) is 98.4 cm³/mol. The van der Waals surface area contributed by atoms with Crippen LogP contribution in [0.5, 0.6) is 0 Å². The van der Waals surface area contributed by atoms with E-state index in [1.807, 2.05) is 12.2 Å². The van der Waals surface area contributed by atoms with Gasteiger partial charge in [0.05, 0.1) is 22.0 Å². The van der Waals surface area contributed by atoms with E-state index in [1.165, 1.54) is 32.3 Å². The zero-order valence-corrected chi connectivity index (χ0v) is 16.1. The van der Waals surface area contributed by atoms with Crippen LogP contribution in [0.2, 0.25) is 5.02 Å². The third-order valence-corrected chi connectivity index (χ3v) is 6.04. The minimum atomic E-state index is -3.66. The van der Waals surface area contributed by atoms with Crippen LogP contribution in [0.3, 0.4) is 0 Å². The molecule has 1 aromatic rings. The molecule has 26 heavy (non-hydrogen) atoms. The van der Waals surface area contributed by atoms with Crippen molar-refractivity contribution in [2.24, 2.45) is 5.92 Å². The monoisotopic (exact) mass is 400 g/mol. The molecule has 1 atom stereocenters. The Morgan fingerprint density at radius 3 is 2.69 bits per heavy atom. The molecule has 0 saturated heterocycles. The van der Waals surface area contributed by atoms with Crippen LogP contribution >= 0.6 is 11.6 Å². The van der Waals surface area contributed by atoms with Crippen LogP contribution in [0.1, 0.15) is 19.3 Å². The molecule has 0 aromatic heterocycles. The highest BCUT2D eigenvalue weighted by molar-refractivity contribution is 7.89. The maximum atomic E-state index is 12.2. The molecule has 1 amide bonds. The Kier molecular flexibility index (Phi) is 6.80. The van der Waals surface area contributed by atoms with Gasteiger partial charge in [-0.25, -0.2) is 12.7 Å². The summed E-state index contributed by atoms with van der Waals surface area (Å²) < 4.78 is 30.3. The number of rotatable bonds is 7. The molecular weight excluding hydrogens is 380 g/mol. The van der Waals surface area contributed by atoms with Gasteiger partial charge >= 0.3 is 5.97 Å². The third kappa shape index (κ3) is 5.30. The summed E-state index contributed by atoms with van der Waals surface area (Å²) in [5, 5.41) is 2.64. The molecule has 1 aliphatic carbocycles. The van der Waals surface area contributed by atoms with Gasteiger partial charge in [-0.2, -0.15) is 0 Å². The van der Waals surface area contributed by atoms with E-state index in [4.69, 9.17) is 16.3 Å². The maximum absolute atomic E-state index is 12.2. The van der Waals surface area contributed by atoms with Gasteiger partial charge in [-0.05, 0) is 37.0 Å². The Bertz CT molecular complexity index is 820. The normalized spacial score (nSPS) is 16.7. The van der Waals surface area contributed by atoms with Crippen LogP contribution < -0.4 is 5.32 Å². The minimum Gasteiger partial charge on any atom is -0.456 e. The van der Waals surface area contributed by atoms with Crippen LogP contribution in [-0.4, -0.2) is 45.3 Å². The molecule has 9 heteroatoms. The third-order valence-electron chi connectivity index (χ3n) is 3.90. The second kappa shape index (κ2) is 8.66. The SMILES string of the molecule is CN(C)S(=O)(=O)c1ccc(Cl)c(NC(=O)COC(=O)C[C@H]2C=CCC2)c1. The first-order valence-electron chi connectivity index (χ1n) is 8.04. The fraction of sp³-hybridized carbons (Fsp3) is 0.412. The molecule has 142 valence electrons. The molecule has 0 radical (unpaired) electrons. The molecule has 0 fully saturated rings. The number of hydrogen-bond acceptors (Lipinski definition) is 5. The Hall–Kier alpha value is -1.90. The molecule has 7 nitrogen and oxygen atoms in total. The van der Waals surface area contributed by atoms with Crippen LogP contribution in [0.25, 0.3) is 0 Å². The average molecular weight is 401 g/mol. The lowest BCUT2D eigenvalue weighted by atomic mass is 10.1. The van der Waals surface area contributed by atoms with E-state index in [-0.39, 0.29) is 27.9 Å². The number of ether oxygens (including phenoxy) is 1. The quantitative estimate of drug-likeness (QED) is 0.560. The lowest BCUT2D eigenvalue weighted by Gasteiger charge is -2.14. The van der Waals surface area contributed by atoms with E-state index in [0.717, 1.165) is 17.1 Å². The Labute approximate surface area is 158 Å². The summed E-state index contributed by atoms with van der Waals surface area (Å²) in [6, 6.07) is 4.00. The Morgan fingerprint density at radius 1 is 1.35 bits per heavy atom. The number of carbonyl (C=O) groups is 2. The molecule has 2 rings (SSSR count). The first-order chi connectivity index (χ1) is 12.2. The summed E-state index contributed by atoms with van der Waals surface area (Å²) in [5.74, 6) is -0.888. The Morgan fingerprint density at radius 2 is 2.08 bits per heavy atom. The number of anilines is 1. The van der Waals surface area contributed by atoms with Gasteiger partial charge in [0.15, 0.2) is 6.61 Å². The van der Waals surface area contributed by atoms with Crippen molar-refractivity contribution in [2.75, 3.05) is 26.0 Å². The standard InChI is InChI=1S/C17H21ClN2O5S/c1-20(2)26(23,24)13-7-8-14(18)15(10-13)19-16(21)11-25-17(22)9-12-5-3-4-6-12/h3,5,7-8,10,12H,4,6,9,11H2,1-2H3,(H,19,21)/t12-/m0/s1. The summed E-state index contributed by atoms with van der Waals surface area (Å²) >= 11 is 6.01. The first kappa shape index (κ1) is 20.4. The highest BCUT2D eigenvalue weighted by Gasteiger charge is 2.20. The molecule has 0 unspecified atom stereocenters. The number of carbonyl (C=O) groups excluding carboxylic acids is 2. The number of allylic oxidation sites excluding steroid dienone is 2.